The number of ether oxygens (including phenoxy) is 1. The number of hydrogen-bond donors (Lipinski definition) is 0. The van der Waals surface area contributed by atoms with Crippen LogP contribution in [0, 0.1) is 0 Å². The molecular formula is C114H70B3N7O2S. The molecule has 127 heavy (non-hydrogen) atoms. The van der Waals surface area contributed by atoms with E-state index in [2.05, 4.69) is 459 Å². The minimum Gasteiger partial charge on any atom is -0.456 e. The zero-order valence-corrected chi connectivity index (χ0v) is 69.3. The number of benzene rings is 19. The summed E-state index contributed by atoms with van der Waals surface area (Å²) in [5.74, 6) is 1.65. The number of rotatable bonds is 10. The molecule has 0 amide bonds. The Labute approximate surface area is 738 Å². The molecule has 7 aliphatic heterocycles. The molecule has 0 N–H and O–H groups in total. The van der Waals surface area contributed by atoms with Gasteiger partial charge in [0.1, 0.15) is 11.2 Å². The molecule has 588 valence electrons. The number of hydrogen-bond acceptors (Lipinski definition) is 10. The third kappa shape index (κ3) is 10.3. The Bertz CT molecular complexity index is 8180. The quantitative estimate of drug-likeness (QED) is 0.125. The lowest BCUT2D eigenvalue weighted by molar-refractivity contribution is 0.477. The van der Waals surface area contributed by atoms with Gasteiger partial charge in [-0.3, -0.25) is 0 Å². The maximum Gasteiger partial charge on any atom is 0.252 e. The Morgan fingerprint density at radius 3 is 1.25 bits per heavy atom. The third-order valence-electron chi connectivity index (χ3n) is 27.5. The van der Waals surface area contributed by atoms with E-state index in [0.717, 1.165) is 152 Å². The van der Waals surface area contributed by atoms with E-state index in [1.54, 1.807) is 0 Å². The summed E-state index contributed by atoms with van der Waals surface area (Å²) in [6.07, 6.45) is 0. The highest BCUT2D eigenvalue weighted by molar-refractivity contribution is 7.26. The number of anilines is 21. The van der Waals surface area contributed by atoms with E-state index in [9.17, 15) is 0 Å². The van der Waals surface area contributed by atoms with Crippen LogP contribution < -0.4 is 88.2 Å². The first-order chi connectivity index (χ1) is 63.0. The van der Waals surface area contributed by atoms with Crippen molar-refractivity contribution in [2.45, 2.75) is 0 Å². The van der Waals surface area contributed by atoms with Gasteiger partial charge < -0.3 is 43.5 Å². The molecule has 9 heterocycles. The van der Waals surface area contributed by atoms with Crippen molar-refractivity contribution in [3.05, 3.63) is 425 Å². The van der Waals surface area contributed by atoms with Crippen molar-refractivity contribution in [3.8, 4) is 33.8 Å². The molecule has 0 saturated carbocycles. The number of furan rings is 1. The van der Waals surface area contributed by atoms with Crippen molar-refractivity contribution in [3.63, 3.8) is 0 Å². The highest BCUT2D eigenvalue weighted by atomic mass is 32.1. The van der Waals surface area contributed by atoms with Crippen molar-refractivity contribution < 1.29 is 9.15 Å². The average molecular weight is 1630 g/mol. The van der Waals surface area contributed by atoms with Gasteiger partial charge in [-0.05, 0) is 265 Å². The smallest absolute Gasteiger partial charge is 0.252 e. The van der Waals surface area contributed by atoms with Crippen molar-refractivity contribution in [1.82, 2.24) is 0 Å². The van der Waals surface area contributed by atoms with Crippen LogP contribution in [0.15, 0.2) is 429 Å². The maximum absolute atomic E-state index is 7.35. The van der Waals surface area contributed by atoms with Gasteiger partial charge in [-0.2, -0.15) is 0 Å². The molecule has 0 aliphatic carbocycles. The number of nitrogens with zero attached hydrogens (tertiary/aromatic N) is 7. The summed E-state index contributed by atoms with van der Waals surface area (Å²) < 4.78 is 16.8. The summed E-state index contributed by atoms with van der Waals surface area (Å²) in [6, 6.07) is 157. The summed E-state index contributed by atoms with van der Waals surface area (Å²) in [5.41, 5.74) is 40.7. The largest absolute Gasteiger partial charge is 0.456 e. The van der Waals surface area contributed by atoms with Crippen molar-refractivity contribution in [1.29, 1.82) is 0 Å². The van der Waals surface area contributed by atoms with Crippen LogP contribution in [0.4, 0.5) is 119 Å². The number of thiophene rings is 1. The van der Waals surface area contributed by atoms with Gasteiger partial charge in [-0.15, -0.1) is 11.3 Å². The molecule has 28 rings (SSSR count). The second-order valence-corrected chi connectivity index (χ2v) is 35.2. The monoisotopic (exact) mass is 1630 g/mol. The summed E-state index contributed by atoms with van der Waals surface area (Å²) in [6.45, 7) is -0.297. The van der Waals surface area contributed by atoms with Gasteiger partial charge in [-0.25, -0.2) is 0 Å². The molecule has 13 heteroatoms. The van der Waals surface area contributed by atoms with E-state index in [0.29, 0.717) is 0 Å². The normalized spacial score (nSPS) is 13.6. The Morgan fingerprint density at radius 2 is 0.630 bits per heavy atom. The zero-order valence-electron chi connectivity index (χ0n) is 68.5. The summed E-state index contributed by atoms with van der Waals surface area (Å²) in [5, 5.41) is 4.62. The van der Waals surface area contributed by atoms with Crippen LogP contribution in [0.5, 0.6) is 11.5 Å². The van der Waals surface area contributed by atoms with E-state index in [-0.39, 0.29) is 20.1 Å². The molecule has 2 aromatic heterocycles. The van der Waals surface area contributed by atoms with Crippen LogP contribution in [0.3, 0.4) is 0 Å². The molecule has 0 fully saturated rings. The predicted octanol–water partition coefficient (Wildman–Crippen LogP) is 25.1. The fourth-order valence-electron chi connectivity index (χ4n) is 22.3. The second kappa shape index (κ2) is 27.1. The molecule has 19 aromatic carbocycles. The SMILES string of the molecule is c1ccc(N(c2ccccc2)c2ccc3c(c2)N(c2ccccc2)c2cc(-c4ccc5oc6cc7c(cc6c5c4)B4c5ccccc5N(c5ccccc5)c5cccc(c54)N7c4cccc(-c5ccc6c(c5)sc5cc7c(cc56)B5c6ccccc6N(c6ccccc6)c6cccc(c65)N7c5ccccc5)c4)cc4c2B3c2cccc3c2N4c2ccccc2O3)cc1. The maximum atomic E-state index is 7.35. The Hall–Kier alpha value is -16.2. The minimum absolute atomic E-state index is 0.000281. The molecule has 9 nitrogen and oxygen atoms in total. The van der Waals surface area contributed by atoms with Gasteiger partial charge in [0.15, 0.2) is 11.5 Å². The molecule has 0 unspecified atom stereocenters. The minimum atomic E-state index is -0.153. The van der Waals surface area contributed by atoms with Crippen LogP contribution in [0.25, 0.3) is 64.4 Å². The van der Waals surface area contributed by atoms with Crippen molar-refractivity contribution >= 4 is 242 Å². The highest BCUT2D eigenvalue weighted by Crippen LogP contribution is 2.57. The van der Waals surface area contributed by atoms with E-state index in [1.165, 1.54) is 92.1 Å². The second-order valence-electron chi connectivity index (χ2n) is 34.1. The molecule has 0 radical (unpaired) electrons. The predicted molar refractivity (Wildman–Crippen MR) is 534 cm³/mol. The van der Waals surface area contributed by atoms with E-state index in [4.69, 9.17) is 9.15 Å². The van der Waals surface area contributed by atoms with Crippen molar-refractivity contribution in [2.75, 3.05) is 34.3 Å². The molecule has 21 aromatic rings. The van der Waals surface area contributed by atoms with E-state index < -0.39 is 0 Å². The Kier molecular flexibility index (Phi) is 15.0. The number of fused-ring (bicyclic) bond motifs is 20. The van der Waals surface area contributed by atoms with Gasteiger partial charge >= 0.3 is 0 Å². The first-order valence-electron chi connectivity index (χ1n) is 43.7. The zero-order chi connectivity index (χ0) is 82.8. The van der Waals surface area contributed by atoms with Crippen LogP contribution >= 0.6 is 11.3 Å². The van der Waals surface area contributed by atoms with Crippen LogP contribution in [-0.4, -0.2) is 20.1 Å². The Morgan fingerprint density at radius 1 is 0.213 bits per heavy atom. The summed E-state index contributed by atoms with van der Waals surface area (Å²) >= 11 is 1.89. The van der Waals surface area contributed by atoms with Gasteiger partial charge in [-0.1, -0.05) is 231 Å². The van der Waals surface area contributed by atoms with Gasteiger partial charge in [0.05, 0.1) is 11.4 Å². The molecule has 0 bridgehead atoms. The lowest BCUT2D eigenvalue weighted by atomic mass is 9.33. The van der Waals surface area contributed by atoms with Gasteiger partial charge in [0.2, 0.25) is 0 Å². The van der Waals surface area contributed by atoms with Gasteiger partial charge in [0.25, 0.3) is 20.1 Å². The first-order valence-corrected chi connectivity index (χ1v) is 44.5. The van der Waals surface area contributed by atoms with Crippen molar-refractivity contribution in [2.24, 2.45) is 0 Å². The molecule has 0 saturated heterocycles. The highest BCUT2D eigenvalue weighted by Gasteiger charge is 2.49. The Balaban J connectivity index is 0.612. The van der Waals surface area contributed by atoms with Gasteiger partial charge in [0, 0.05) is 140 Å². The van der Waals surface area contributed by atoms with E-state index in [1.807, 2.05) is 11.3 Å². The molecule has 0 atom stereocenters. The number of para-hydroxylation sites is 11. The molecule has 7 aliphatic rings. The van der Waals surface area contributed by atoms with E-state index >= 15 is 0 Å². The fourth-order valence-corrected chi connectivity index (χ4v) is 23.4. The molecular weight excluding hydrogens is 1560 g/mol. The topological polar surface area (TPSA) is 45.1 Å². The average Bonchev–Trinajstić information content (AvgIpc) is 1.45. The third-order valence-corrected chi connectivity index (χ3v) is 28.6. The molecule has 0 spiro atoms. The van der Waals surface area contributed by atoms with Crippen LogP contribution in [0.1, 0.15) is 0 Å². The lowest BCUT2D eigenvalue weighted by Gasteiger charge is -2.46. The summed E-state index contributed by atoms with van der Waals surface area (Å²) in [7, 11) is 0. The standard InChI is InChI=1S/C114H70B3N7O2S/c1-7-30-75(31-8-1)118(76-32-9-2-10-33-76)82-57-59-89-100(66-82)122(80-40-17-6-18-41-80)103-63-74(64-104-113(103)115(89)90-45-26-54-107-114(90)124(104)95-48-23-24-53-106(95)126-107)72-56-60-105-84(62-72)85-67-91-101(69-108(85)125-105)123(99-52-28-50-97-112(99)116(91)87-43-19-21-46-93(87)120(97)78-36-13-4-14-37-78)81-42-25-29-71(61-81)73-55-58-83-86-68-92-102(70-110(86)127-109(83)65-73)121(79-38-15-5-16-39-79)98-51-27-49-96-111(98)117(92)88-44-20-22-47-94(88)119(96)77-34-11-3-12-35-77/h1-70H. The van der Waals surface area contributed by atoms with Crippen LogP contribution in [-0.2, 0) is 0 Å². The fraction of sp³-hybridized carbons (Fsp3) is 0. The summed E-state index contributed by atoms with van der Waals surface area (Å²) in [4.78, 5) is 17.4. The first kappa shape index (κ1) is 70.3. The lowest BCUT2D eigenvalue weighted by Crippen LogP contribution is -2.61. The van der Waals surface area contributed by atoms with Crippen LogP contribution in [0.2, 0.25) is 0 Å².